The van der Waals surface area contributed by atoms with E-state index < -0.39 is 16.1 Å². The Bertz CT molecular complexity index is 781. The lowest BCUT2D eigenvalue weighted by molar-refractivity contribution is 0.126. The number of sulfonamides is 1. The number of benzene rings is 1. The van der Waals surface area contributed by atoms with Crippen molar-refractivity contribution in [1.82, 2.24) is 9.29 Å². The van der Waals surface area contributed by atoms with Crippen molar-refractivity contribution in [3.63, 3.8) is 0 Å². The quantitative estimate of drug-likeness (QED) is 0.699. The first-order valence-corrected chi connectivity index (χ1v) is 9.79. The molecule has 2 rings (SSSR count). The number of nitrogens with zero attached hydrogens (tertiary/aromatic N) is 2. The summed E-state index contributed by atoms with van der Waals surface area (Å²) in [5, 5.41) is 10.5. The van der Waals surface area contributed by atoms with Crippen LogP contribution in [0.25, 0.3) is 0 Å². The largest absolute Gasteiger partial charge is 0.491 e. The second-order valence-corrected chi connectivity index (χ2v) is 8.54. The Labute approximate surface area is 150 Å². The van der Waals surface area contributed by atoms with Gasteiger partial charge in [-0.2, -0.15) is 0 Å². The Balaban J connectivity index is 1.83. The van der Waals surface area contributed by atoms with Crippen LogP contribution < -0.4 is 4.74 Å². The van der Waals surface area contributed by atoms with Crippen LogP contribution in [-0.2, 0) is 10.0 Å². The molecule has 1 N–H and O–H groups in total. The van der Waals surface area contributed by atoms with Crippen molar-refractivity contribution in [2.45, 2.75) is 16.0 Å². The summed E-state index contributed by atoms with van der Waals surface area (Å²) >= 11 is 1.28. The molecule has 0 saturated heterocycles. The van der Waals surface area contributed by atoms with Crippen molar-refractivity contribution >= 4 is 21.8 Å². The molecule has 0 aliphatic heterocycles. The van der Waals surface area contributed by atoms with Gasteiger partial charge >= 0.3 is 0 Å². The first-order chi connectivity index (χ1) is 11.8. The summed E-state index contributed by atoms with van der Waals surface area (Å²) in [5.74, 6) is 0.449. The van der Waals surface area contributed by atoms with E-state index in [-0.39, 0.29) is 17.3 Å². The fourth-order valence-corrected chi connectivity index (χ4v) is 3.37. The van der Waals surface area contributed by atoms with Gasteiger partial charge in [0.2, 0.25) is 10.0 Å². The van der Waals surface area contributed by atoms with Gasteiger partial charge in [-0.25, -0.2) is 22.1 Å². The molecule has 1 aromatic heterocycles. The molecule has 0 aliphatic rings. The molecule has 0 amide bonds. The molecule has 0 spiro atoms. The van der Waals surface area contributed by atoms with Crippen LogP contribution in [-0.4, -0.2) is 55.4 Å². The summed E-state index contributed by atoms with van der Waals surface area (Å²) in [5.41, 5.74) is 0. The first-order valence-electron chi connectivity index (χ1n) is 7.37. The third-order valence-electron chi connectivity index (χ3n) is 3.17. The molecule has 0 saturated carbocycles. The normalized spacial score (nSPS) is 13.0. The summed E-state index contributed by atoms with van der Waals surface area (Å²) in [6.45, 7) is 0.0612. The van der Waals surface area contributed by atoms with Crippen molar-refractivity contribution in [3.8, 4) is 5.75 Å². The average molecular weight is 386 g/mol. The van der Waals surface area contributed by atoms with Crippen molar-refractivity contribution in [3.05, 3.63) is 48.4 Å². The molecule has 9 heteroatoms. The number of thioether (sulfide) groups is 1. The highest BCUT2D eigenvalue weighted by atomic mass is 32.2. The predicted octanol–water partition coefficient (Wildman–Crippen LogP) is 2.00. The number of ether oxygens (including phenoxy) is 1. The molecular formula is C16H19FN2O4S2. The topological polar surface area (TPSA) is 79.7 Å². The van der Waals surface area contributed by atoms with E-state index in [1.54, 1.807) is 6.07 Å². The van der Waals surface area contributed by atoms with E-state index in [2.05, 4.69) is 4.98 Å². The highest BCUT2D eigenvalue weighted by Crippen LogP contribution is 2.20. The van der Waals surface area contributed by atoms with E-state index >= 15 is 0 Å². The summed E-state index contributed by atoms with van der Waals surface area (Å²) in [4.78, 5) is 4.20. The predicted molar refractivity (Wildman–Crippen MR) is 93.7 cm³/mol. The fourth-order valence-electron chi connectivity index (χ4n) is 1.77. The Hall–Kier alpha value is -1.68. The average Bonchev–Trinajstić information content (AvgIpc) is 2.59. The molecule has 25 heavy (non-hydrogen) atoms. The molecule has 136 valence electrons. The van der Waals surface area contributed by atoms with Gasteiger partial charge in [0.1, 0.15) is 23.1 Å². The lowest BCUT2D eigenvalue weighted by Gasteiger charge is -2.13. The molecule has 1 unspecified atom stereocenters. The van der Waals surface area contributed by atoms with Gasteiger partial charge in [-0.05, 0) is 36.4 Å². The number of aliphatic hydroxyl groups is 1. The van der Waals surface area contributed by atoms with Crippen molar-refractivity contribution in [2.24, 2.45) is 0 Å². The van der Waals surface area contributed by atoms with Gasteiger partial charge in [0.05, 0.1) is 11.1 Å². The molecule has 1 aromatic carbocycles. The number of hydrogen-bond acceptors (Lipinski definition) is 6. The molecule has 6 nitrogen and oxygen atoms in total. The van der Waals surface area contributed by atoms with Gasteiger partial charge in [-0.1, -0.05) is 0 Å². The van der Waals surface area contributed by atoms with Crippen LogP contribution in [0.1, 0.15) is 0 Å². The maximum atomic E-state index is 12.8. The zero-order valence-electron chi connectivity index (χ0n) is 13.8. The molecule has 2 aromatic rings. The second-order valence-electron chi connectivity index (χ2n) is 5.35. The zero-order valence-corrected chi connectivity index (χ0v) is 15.4. The van der Waals surface area contributed by atoms with E-state index in [1.165, 1.54) is 62.4 Å². The summed E-state index contributed by atoms with van der Waals surface area (Å²) in [6.07, 6.45) is 0.543. The van der Waals surface area contributed by atoms with Gasteiger partial charge < -0.3 is 9.84 Å². The Kier molecular flexibility index (Phi) is 6.77. The molecular weight excluding hydrogens is 367 g/mol. The minimum absolute atomic E-state index is 0.0612. The number of halogens is 1. The van der Waals surface area contributed by atoms with Crippen LogP contribution in [0.4, 0.5) is 4.39 Å². The lowest BCUT2D eigenvalue weighted by Crippen LogP contribution is -2.22. The van der Waals surface area contributed by atoms with Crippen LogP contribution in [0.2, 0.25) is 0 Å². The number of pyridine rings is 1. The molecule has 1 atom stereocenters. The zero-order chi connectivity index (χ0) is 18.4. The first kappa shape index (κ1) is 19.6. The third-order valence-corrected chi connectivity index (χ3v) is 6.05. The van der Waals surface area contributed by atoms with Crippen molar-refractivity contribution in [2.75, 3.05) is 26.5 Å². The van der Waals surface area contributed by atoms with Gasteiger partial charge in [-0.15, -0.1) is 11.8 Å². The Morgan fingerprint density at radius 1 is 1.24 bits per heavy atom. The minimum atomic E-state index is -3.50. The van der Waals surface area contributed by atoms with Crippen LogP contribution in [0.5, 0.6) is 5.75 Å². The van der Waals surface area contributed by atoms with Gasteiger partial charge in [0.15, 0.2) is 0 Å². The van der Waals surface area contributed by atoms with Crippen LogP contribution in [0, 0.1) is 5.82 Å². The van der Waals surface area contributed by atoms with E-state index in [0.29, 0.717) is 16.5 Å². The third kappa shape index (κ3) is 5.67. The molecule has 0 radical (unpaired) electrons. The maximum absolute atomic E-state index is 12.8. The monoisotopic (exact) mass is 386 g/mol. The van der Waals surface area contributed by atoms with Crippen LogP contribution in [0.15, 0.2) is 52.5 Å². The second kappa shape index (κ2) is 8.61. The van der Waals surface area contributed by atoms with E-state index in [9.17, 15) is 17.9 Å². The van der Waals surface area contributed by atoms with Crippen molar-refractivity contribution in [1.29, 1.82) is 0 Å². The molecule has 0 bridgehead atoms. The van der Waals surface area contributed by atoms with Crippen LogP contribution >= 0.6 is 11.8 Å². The highest BCUT2D eigenvalue weighted by molar-refractivity contribution is 7.99. The number of aliphatic hydroxyl groups excluding tert-OH is 1. The Morgan fingerprint density at radius 3 is 2.48 bits per heavy atom. The smallest absolute Gasteiger partial charge is 0.244 e. The molecule has 1 heterocycles. The lowest BCUT2D eigenvalue weighted by atomic mass is 10.3. The summed E-state index contributed by atoms with van der Waals surface area (Å²) in [7, 11) is -0.594. The minimum Gasteiger partial charge on any atom is -0.491 e. The standard InChI is InChI=1S/C16H19FN2O4S2/c1-19(2)25(21,22)15-7-8-16(18-9-15)24-11-13(20)10-23-14-5-3-12(17)4-6-14/h3-9,13,20H,10-11H2,1-2H3. The van der Waals surface area contributed by atoms with Gasteiger partial charge in [0, 0.05) is 26.0 Å². The molecule has 0 fully saturated rings. The summed E-state index contributed by atoms with van der Waals surface area (Å²) in [6, 6.07) is 8.61. The number of hydrogen-bond donors (Lipinski definition) is 1. The number of rotatable bonds is 8. The van der Waals surface area contributed by atoms with Crippen LogP contribution in [0.3, 0.4) is 0 Å². The summed E-state index contributed by atoms with van der Waals surface area (Å²) < 4.78 is 43.2. The highest BCUT2D eigenvalue weighted by Gasteiger charge is 2.17. The maximum Gasteiger partial charge on any atom is 0.244 e. The Morgan fingerprint density at radius 2 is 1.92 bits per heavy atom. The fraction of sp³-hybridized carbons (Fsp3) is 0.312. The van der Waals surface area contributed by atoms with E-state index in [4.69, 9.17) is 4.74 Å². The van der Waals surface area contributed by atoms with Crippen molar-refractivity contribution < 1.29 is 22.7 Å². The SMILES string of the molecule is CN(C)S(=O)(=O)c1ccc(SCC(O)COc2ccc(F)cc2)nc1. The number of aromatic nitrogens is 1. The van der Waals surface area contributed by atoms with E-state index in [0.717, 1.165) is 4.31 Å². The van der Waals surface area contributed by atoms with Gasteiger partial charge in [0.25, 0.3) is 0 Å². The van der Waals surface area contributed by atoms with Gasteiger partial charge in [-0.3, -0.25) is 0 Å². The molecule has 0 aliphatic carbocycles. The van der Waals surface area contributed by atoms with E-state index in [1.807, 2.05) is 0 Å².